The van der Waals surface area contributed by atoms with Crippen LogP contribution >= 0.6 is 0 Å². The molecule has 2 aliphatic rings. The molecule has 0 bridgehead atoms. The number of alkyl halides is 2. The van der Waals surface area contributed by atoms with Crippen molar-refractivity contribution in [2.75, 3.05) is 23.9 Å². The van der Waals surface area contributed by atoms with Crippen LogP contribution in [0.1, 0.15) is 75.1 Å². The molecule has 2 amide bonds. The first kappa shape index (κ1) is 29.3. The second-order valence-electron chi connectivity index (χ2n) is 12.2. The molecule has 1 saturated carbocycles. The lowest BCUT2D eigenvalue weighted by molar-refractivity contribution is -0.103. The molecule has 0 N–H and O–H groups in total. The molecular weight excluding hydrogens is 546 g/mol. The minimum absolute atomic E-state index is 0.117. The maximum atomic E-state index is 13.8. The minimum atomic E-state index is -2.69. The Morgan fingerprint density at radius 3 is 2.55 bits per heavy atom. The molecule has 0 unspecified atom stereocenters. The number of aromatic nitrogens is 5. The smallest absolute Gasteiger partial charge is 0.410 e. The zero-order chi connectivity index (χ0) is 30.6. The van der Waals surface area contributed by atoms with E-state index in [1.54, 1.807) is 61.6 Å². The Labute approximate surface area is 243 Å². The number of nitrogens with zero attached hydrogens (tertiary/aromatic N) is 8. The van der Waals surface area contributed by atoms with Crippen molar-refractivity contribution < 1.29 is 23.1 Å². The van der Waals surface area contributed by atoms with Gasteiger partial charge in [-0.25, -0.2) is 23.5 Å². The molecule has 0 aromatic carbocycles. The van der Waals surface area contributed by atoms with Gasteiger partial charge in [0.15, 0.2) is 5.82 Å². The quantitative estimate of drug-likeness (QED) is 0.380. The molecule has 0 atom stereocenters. The molecular formula is C29H36F2N8O3. The summed E-state index contributed by atoms with van der Waals surface area (Å²) >= 11 is 0. The Kier molecular flexibility index (Phi) is 7.40. The number of fused-ring (bicyclic) bond motifs is 1. The highest BCUT2D eigenvalue weighted by molar-refractivity contribution is 6.10. The van der Waals surface area contributed by atoms with E-state index in [1.807, 2.05) is 25.8 Å². The van der Waals surface area contributed by atoms with Crippen molar-refractivity contribution in [2.24, 2.45) is 0 Å². The zero-order valence-electron chi connectivity index (χ0n) is 24.9. The fourth-order valence-electron chi connectivity index (χ4n) is 4.96. The predicted octanol–water partition coefficient (Wildman–Crippen LogP) is 5.08. The molecule has 4 heterocycles. The molecule has 11 nitrogen and oxygen atoms in total. The molecule has 1 aliphatic carbocycles. The molecule has 224 valence electrons. The largest absolute Gasteiger partial charge is 0.444 e. The number of pyridine rings is 2. The molecule has 1 fully saturated rings. The summed E-state index contributed by atoms with van der Waals surface area (Å²) in [6.07, 6.45) is 0.382. The third-order valence-corrected chi connectivity index (χ3v) is 7.49. The highest BCUT2D eigenvalue weighted by atomic mass is 19.3. The molecule has 13 heteroatoms. The van der Waals surface area contributed by atoms with Crippen LogP contribution in [-0.2, 0) is 17.8 Å². The number of rotatable bonds is 7. The summed E-state index contributed by atoms with van der Waals surface area (Å²) in [4.78, 5) is 41.1. The van der Waals surface area contributed by atoms with Crippen molar-refractivity contribution in [3.63, 3.8) is 0 Å². The SMILES string of the molecule is CC(C)N(C)c1cc2c(c(CN(C)C(=O)OC(C)(C)C)n1)CN(c1cccc(-c3nncn3C3CC(F)(F)C3)n1)C2=O. The van der Waals surface area contributed by atoms with Crippen LogP contribution in [0.15, 0.2) is 30.6 Å². The number of ether oxygens (including phenoxy) is 1. The van der Waals surface area contributed by atoms with Crippen LogP contribution in [0.3, 0.4) is 0 Å². The lowest BCUT2D eigenvalue weighted by Gasteiger charge is -2.35. The van der Waals surface area contributed by atoms with Crippen LogP contribution < -0.4 is 9.80 Å². The predicted molar refractivity (Wildman–Crippen MR) is 152 cm³/mol. The van der Waals surface area contributed by atoms with Crippen molar-refractivity contribution in [1.29, 1.82) is 0 Å². The molecule has 3 aromatic rings. The first-order chi connectivity index (χ1) is 19.6. The average molecular weight is 583 g/mol. The van der Waals surface area contributed by atoms with E-state index in [2.05, 4.69) is 10.2 Å². The van der Waals surface area contributed by atoms with Crippen molar-refractivity contribution in [2.45, 2.75) is 84.2 Å². The van der Waals surface area contributed by atoms with Crippen molar-refractivity contribution in [3.8, 4) is 11.5 Å². The Morgan fingerprint density at radius 2 is 1.90 bits per heavy atom. The van der Waals surface area contributed by atoms with Gasteiger partial charge >= 0.3 is 6.09 Å². The van der Waals surface area contributed by atoms with E-state index < -0.39 is 23.7 Å². The van der Waals surface area contributed by atoms with Gasteiger partial charge in [0.1, 0.15) is 29.3 Å². The van der Waals surface area contributed by atoms with Crippen LogP contribution in [-0.4, -0.2) is 73.3 Å². The standard InChI is InChI=1S/C29H36F2N8O3/c1-17(2)37(7)24-11-19-20(22(34-24)15-36(6)27(41)42-28(3,4)5)14-38(26(19)40)23-10-8-9-21(33-23)25-35-32-16-39(25)18-12-29(30,31)13-18/h8-11,16-18H,12-15H2,1-7H3. The van der Waals surface area contributed by atoms with Gasteiger partial charge in [-0.3, -0.25) is 9.69 Å². The summed E-state index contributed by atoms with van der Waals surface area (Å²) in [5, 5.41) is 8.07. The maximum absolute atomic E-state index is 13.8. The van der Waals surface area contributed by atoms with Crippen LogP contribution in [0.4, 0.5) is 25.2 Å². The summed E-state index contributed by atoms with van der Waals surface area (Å²) in [5.41, 5.74) is 1.52. The third-order valence-electron chi connectivity index (χ3n) is 7.49. The summed E-state index contributed by atoms with van der Waals surface area (Å²) in [6, 6.07) is 6.65. The fraction of sp³-hybridized carbons (Fsp3) is 0.517. The molecule has 0 spiro atoms. The summed E-state index contributed by atoms with van der Waals surface area (Å²) in [7, 11) is 3.53. The number of anilines is 2. The van der Waals surface area contributed by atoms with Gasteiger partial charge in [0.05, 0.1) is 24.3 Å². The topological polar surface area (TPSA) is 110 Å². The Balaban J connectivity index is 1.46. The Bertz CT molecular complexity index is 1510. The zero-order valence-corrected chi connectivity index (χ0v) is 24.9. The van der Waals surface area contributed by atoms with Gasteiger partial charge in [0.2, 0.25) is 0 Å². The molecule has 5 rings (SSSR count). The molecule has 1 aliphatic heterocycles. The highest BCUT2D eigenvalue weighted by Crippen LogP contribution is 2.46. The van der Waals surface area contributed by atoms with E-state index >= 15 is 0 Å². The first-order valence-corrected chi connectivity index (χ1v) is 13.9. The minimum Gasteiger partial charge on any atom is -0.444 e. The monoisotopic (exact) mass is 582 g/mol. The van der Waals surface area contributed by atoms with Gasteiger partial charge in [-0.05, 0) is 52.8 Å². The average Bonchev–Trinajstić information content (AvgIpc) is 3.51. The van der Waals surface area contributed by atoms with Gasteiger partial charge in [-0.15, -0.1) is 10.2 Å². The normalized spacial score (nSPS) is 16.4. The molecule has 3 aromatic heterocycles. The Hall–Kier alpha value is -4.16. The number of carbonyl (C=O) groups excluding carboxylic acids is 2. The Morgan fingerprint density at radius 1 is 1.19 bits per heavy atom. The van der Waals surface area contributed by atoms with Crippen molar-refractivity contribution >= 4 is 23.6 Å². The fourth-order valence-corrected chi connectivity index (χ4v) is 4.96. The van der Waals surface area contributed by atoms with Crippen molar-refractivity contribution in [1.82, 2.24) is 29.6 Å². The van der Waals surface area contributed by atoms with E-state index in [-0.39, 0.29) is 37.9 Å². The van der Waals surface area contributed by atoms with E-state index in [1.165, 1.54) is 11.2 Å². The second kappa shape index (κ2) is 10.6. The number of carbonyl (C=O) groups is 2. The van der Waals surface area contributed by atoms with E-state index in [4.69, 9.17) is 14.7 Å². The van der Waals surface area contributed by atoms with Gasteiger partial charge in [-0.1, -0.05) is 6.07 Å². The molecule has 0 saturated heterocycles. The summed E-state index contributed by atoms with van der Waals surface area (Å²) < 4.78 is 34.3. The number of amides is 2. The van der Waals surface area contributed by atoms with E-state index in [0.29, 0.717) is 40.0 Å². The molecule has 0 radical (unpaired) electrons. The van der Waals surface area contributed by atoms with E-state index in [0.717, 1.165) is 0 Å². The lowest BCUT2D eigenvalue weighted by Crippen LogP contribution is -2.37. The van der Waals surface area contributed by atoms with Crippen LogP contribution in [0, 0.1) is 0 Å². The number of hydrogen-bond acceptors (Lipinski definition) is 8. The second-order valence-corrected chi connectivity index (χ2v) is 12.2. The third kappa shape index (κ3) is 5.77. The van der Waals surface area contributed by atoms with Gasteiger partial charge in [0, 0.05) is 44.6 Å². The van der Waals surface area contributed by atoms with Gasteiger partial charge < -0.3 is 19.1 Å². The lowest BCUT2D eigenvalue weighted by atomic mass is 9.88. The van der Waals surface area contributed by atoms with E-state index in [9.17, 15) is 18.4 Å². The first-order valence-electron chi connectivity index (χ1n) is 13.9. The van der Waals surface area contributed by atoms with Crippen LogP contribution in [0.2, 0.25) is 0 Å². The summed E-state index contributed by atoms with van der Waals surface area (Å²) in [6.45, 7) is 9.78. The maximum Gasteiger partial charge on any atom is 0.410 e. The highest BCUT2D eigenvalue weighted by Gasteiger charge is 2.47. The van der Waals surface area contributed by atoms with Gasteiger partial charge in [0.25, 0.3) is 11.8 Å². The number of halogens is 2. The van der Waals surface area contributed by atoms with Gasteiger partial charge in [-0.2, -0.15) is 0 Å². The van der Waals surface area contributed by atoms with Crippen LogP contribution in [0.25, 0.3) is 11.5 Å². The van der Waals surface area contributed by atoms with Crippen molar-refractivity contribution in [3.05, 3.63) is 47.4 Å². The summed E-state index contributed by atoms with van der Waals surface area (Å²) in [5.74, 6) is -1.59. The molecule has 42 heavy (non-hydrogen) atoms. The van der Waals surface area contributed by atoms with Crippen LogP contribution in [0.5, 0.6) is 0 Å². The number of hydrogen-bond donors (Lipinski definition) is 0.